The standard InChI is InChI=1S/C11H11ClOS/c1-3-13-11-10(12)8-5-4-7(2)6-9(8)14-11/h4-6H,3H2,1-2H3. The summed E-state index contributed by atoms with van der Waals surface area (Å²) in [6.07, 6.45) is 0. The van der Waals surface area contributed by atoms with Crippen molar-refractivity contribution in [2.75, 3.05) is 6.61 Å². The van der Waals surface area contributed by atoms with Crippen LogP contribution in [0.1, 0.15) is 12.5 Å². The highest BCUT2D eigenvalue weighted by molar-refractivity contribution is 7.21. The van der Waals surface area contributed by atoms with E-state index in [1.165, 1.54) is 10.3 Å². The highest BCUT2D eigenvalue weighted by Crippen LogP contribution is 2.41. The summed E-state index contributed by atoms with van der Waals surface area (Å²) in [5.41, 5.74) is 1.25. The Labute approximate surface area is 92.3 Å². The van der Waals surface area contributed by atoms with Gasteiger partial charge in [0.05, 0.1) is 6.61 Å². The summed E-state index contributed by atoms with van der Waals surface area (Å²) >= 11 is 7.78. The molecule has 0 spiro atoms. The van der Waals surface area contributed by atoms with Crippen LogP contribution in [-0.2, 0) is 0 Å². The quantitative estimate of drug-likeness (QED) is 0.744. The van der Waals surface area contributed by atoms with E-state index in [0.29, 0.717) is 6.61 Å². The minimum Gasteiger partial charge on any atom is -0.483 e. The molecule has 1 aromatic carbocycles. The summed E-state index contributed by atoms with van der Waals surface area (Å²) < 4.78 is 6.64. The molecule has 0 saturated carbocycles. The minimum atomic E-state index is 0.658. The van der Waals surface area contributed by atoms with E-state index in [0.717, 1.165) is 15.5 Å². The zero-order valence-corrected chi connectivity index (χ0v) is 9.71. The summed E-state index contributed by atoms with van der Waals surface area (Å²) in [4.78, 5) is 0. The number of ether oxygens (including phenoxy) is 1. The zero-order valence-electron chi connectivity index (χ0n) is 8.13. The normalized spacial score (nSPS) is 10.8. The maximum atomic E-state index is 6.17. The van der Waals surface area contributed by atoms with E-state index in [1.807, 2.05) is 13.0 Å². The first kappa shape index (κ1) is 9.81. The number of aryl methyl sites for hydroxylation is 1. The van der Waals surface area contributed by atoms with Crippen LogP contribution in [0.5, 0.6) is 5.06 Å². The molecular weight excluding hydrogens is 216 g/mol. The number of fused-ring (bicyclic) bond motifs is 1. The van der Waals surface area contributed by atoms with Gasteiger partial charge in [-0.25, -0.2) is 0 Å². The smallest absolute Gasteiger partial charge is 0.193 e. The molecule has 0 atom stereocenters. The molecule has 0 saturated heterocycles. The molecule has 0 aliphatic rings. The van der Waals surface area contributed by atoms with Gasteiger partial charge in [0.1, 0.15) is 5.02 Å². The third-order valence-electron chi connectivity index (χ3n) is 2.03. The fourth-order valence-corrected chi connectivity index (χ4v) is 2.87. The largest absolute Gasteiger partial charge is 0.483 e. The van der Waals surface area contributed by atoms with Crippen LogP contribution in [0.3, 0.4) is 0 Å². The summed E-state index contributed by atoms with van der Waals surface area (Å²) in [5, 5.41) is 2.66. The number of benzene rings is 1. The highest BCUT2D eigenvalue weighted by Gasteiger charge is 2.10. The van der Waals surface area contributed by atoms with E-state index < -0.39 is 0 Å². The number of rotatable bonds is 2. The molecule has 0 unspecified atom stereocenters. The van der Waals surface area contributed by atoms with E-state index in [2.05, 4.69) is 19.1 Å². The van der Waals surface area contributed by atoms with Crippen molar-refractivity contribution in [1.82, 2.24) is 0 Å². The Bertz CT molecular complexity index is 462. The molecule has 0 bridgehead atoms. The van der Waals surface area contributed by atoms with Crippen LogP contribution in [0.4, 0.5) is 0 Å². The van der Waals surface area contributed by atoms with Gasteiger partial charge in [0.15, 0.2) is 5.06 Å². The van der Waals surface area contributed by atoms with Gasteiger partial charge in [0.2, 0.25) is 0 Å². The Morgan fingerprint density at radius 3 is 2.93 bits per heavy atom. The fourth-order valence-electron chi connectivity index (χ4n) is 1.37. The van der Waals surface area contributed by atoms with Gasteiger partial charge in [0.25, 0.3) is 0 Å². The van der Waals surface area contributed by atoms with Gasteiger partial charge in [-0.15, -0.1) is 0 Å². The highest BCUT2D eigenvalue weighted by atomic mass is 35.5. The SMILES string of the molecule is CCOc1sc2cc(C)ccc2c1Cl. The third-order valence-corrected chi connectivity index (χ3v) is 3.58. The molecule has 2 aromatic rings. The average molecular weight is 227 g/mol. The van der Waals surface area contributed by atoms with Crippen molar-refractivity contribution in [3.63, 3.8) is 0 Å². The molecule has 2 rings (SSSR count). The molecule has 3 heteroatoms. The van der Waals surface area contributed by atoms with Crippen molar-refractivity contribution in [3.8, 4) is 5.06 Å². The van der Waals surface area contributed by atoms with Crippen molar-refractivity contribution < 1.29 is 4.74 Å². The summed E-state index contributed by atoms with van der Waals surface area (Å²) in [6.45, 7) is 4.70. The summed E-state index contributed by atoms with van der Waals surface area (Å²) in [6, 6.07) is 6.25. The molecular formula is C11H11ClOS. The summed E-state index contributed by atoms with van der Waals surface area (Å²) in [7, 11) is 0. The van der Waals surface area contributed by atoms with E-state index >= 15 is 0 Å². The molecule has 0 fully saturated rings. The second-order valence-corrected chi connectivity index (χ2v) is 4.53. The topological polar surface area (TPSA) is 9.23 Å². The lowest BCUT2D eigenvalue weighted by Crippen LogP contribution is -1.87. The van der Waals surface area contributed by atoms with Crippen LogP contribution in [0, 0.1) is 6.92 Å². The number of hydrogen-bond acceptors (Lipinski definition) is 2. The molecule has 14 heavy (non-hydrogen) atoms. The van der Waals surface area contributed by atoms with Gasteiger partial charge in [-0.3, -0.25) is 0 Å². The van der Waals surface area contributed by atoms with E-state index in [-0.39, 0.29) is 0 Å². The second kappa shape index (κ2) is 3.79. The fraction of sp³-hybridized carbons (Fsp3) is 0.273. The van der Waals surface area contributed by atoms with Gasteiger partial charge < -0.3 is 4.74 Å². The lowest BCUT2D eigenvalue weighted by Gasteiger charge is -1.97. The van der Waals surface area contributed by atoms with Crippen molar-refractivity contribution >= 4 is 33.0 Å². The molecule has 1 aromatic heterocycles. The predicted octanol–water partition coefficient (Wildman–Crippen LogP) is 4.26. The molecule has 74 valence electrons. The van der Waals surface area contributed by atoms with E-state index in [1.54, 1.807) is 11.3 Å². The van der Waals surface area contributed by atoms with Crippen LogP contribution < -0.4 is 4.74 Å². The Balaban J connectivity index is 2.61. The monoisotopic (exact) mass is 226 g/mol. The first-order valence-electron chi connectivity index (χ1n) is 4.54. The minimum absolute atomic E-state index is 0.658. The zero-order chi connectivity index (χ0) is 10.1. The lowest BCUT2D eigenvalue weighted by molar-refractivity contribution is 0.351. The first-order valence-corrected chi connectivity index (χ1v) is 5.73. The molecule has 0 aliphatic heterocycles. The summed E-state index contributed by atoms with van der Waals surface area (Å²) in [5.74, 6) is 0. The van der Waals surface area contributed by atoms with Gasteiger partial charge in [-0.2, -0.15) is 0 Å². The van der Waals surface area contributed by atoms with E-state index in [9.17, 15) is 0 Å². The molecule has 1 nitrogen and oxygen atoms in total. The van der Waals surface area contributed by atoms with E-state index in [4.69, 9.17) is 16.3 Å². The third kappa shape index (κ3) is 1.60. The van der Waals surface area contributed by atoms with Crippen molar-refractivity contribution in [2.45, 2.75) is 13.8 Å². The van der Waals surface area contributed by atoms with Crippen molar-refractivity contribution in [2.24, 2.45) is 0 Å². The lowest BCUT2D eigenvalue weighted by atomic mass is 10.2. The van der Waals surface area contributed by atoms with Crippen LogP contribution in [0.15, 0.2) is 18.2 Å². The molecule has 0 aliphatic carbocycles. The molecule has 1 heterocycles. The van der Waals surface area contributed by atoms with Crippen molar-refractivity contribution in [3.05, 3.63) is 28.8 Å². The molecule has 0 amide bonds. The number of halogens is 1. The van der Waals surface area contributed by atoms with Crippen LogP contribution >= 0.6 is 22.9 Å². The Morgan fingerprint density at radius 1 is 1.43 bits per heavy atom. The second-order valence-electron chi connectivity index (χ2n) is 3.14. The predicted molar refractivity (Wildman–Crippen MR) is 62.7 cm³/mol. The van der Waals surface area contributed by atoms with Gasteiger partial charge in [-0.05, 0) is 25.5 Å². The maximum Gasteiger partial charge on any atom is 0.193 e. The van der Waals surface area contributed by atoms with Crippen molar-refractivity contribution in [1.29, 1.82) is 0 Å². The number of thiophene rings is 1. The van der Waals surface area contributed by atoms with Crippen LogP contribution in [0.2, 0.25) is 5.02 Å². The average Bonchev–Trinajstić information content (AvgIpc) is 2.44. The Morgan fingerprint density at radius 2 is 2.21 bits per heavy atom. The van der Waals surface area contributed by atoms with Gasteiger partial charge in [-0.1, -0.05) is 35.1 Å². The van der Waals surface area contributed by atoms with Crippen LogP contribution in [0.25, 0.3) is 10.1 Å². The van der Waals surface area contributed by atoms with Crippen LogP contribution in [-0.4, -0.2) is 6.61 Å². The number of hydrogen-bond donors (Lipinski definition) is 0. The molecule has 0 N–H and O–H groups in total. The Hall–Kier alpha value is -0.730. The maximum absolute atomic E-state index is 6.17. The first-order chi connectivity index (χ1) is 6.72. The Kier molecular flexibility index (Phi) is 2.66. The van der Waals surface area contributed by atoms with Gasteiger partial charge in [0, 0.05) is 10.1 Å². The molecule has 0 radical (unpaired) electrons. The van der Waals surface area contributed by atoms with Gasteiger partial charge >= 0.3 is 0 Å².